The van der Waals surface area contributed by atoms with Crippen LogP contribution in [-0.2, 0) is 17.6 Å². The molecule has 1 heterocycles. The van der Waals surface area contributed by atoms with Crippen LogP contribution in [-0.4, -0.2) is 17.4 Å². The van der Waals surface area contributed by atoms with Gasteiger partial charge in [0.1, 0.15) is 5.82 Å². The molecule has 2 aromatic carbocycles. The number of benzene rings is 2. The molecule has 0 spiro atoms. The Bertz CT molecular complexity index is 921. The quantitative estimate of drug-likeness (QED) is 0.768. The van der Waals surface area contributed by atoms with Gasteiger partial charge in [-0.2, -0.15) is 0 Å². The maximum absolute atomic E-state index is 13.2. The first-order valence-electron chi connectivity index (χ1n) is 8.40. The third-order valence-electron chi connectivity index (χ3n) is 4.45. The molecule has 0 aliphatic heterocycles. The van der Waals surface area contributed by atoms with Gasteiger partial charge in [0.15, 0.2) is 0 Å². The highest BCUT2D eigenvalue weighted by atomic mass is 19.1. The van der Waals surface area contributed by atoms with Crippen molar-refractivity contribution in [1.82, 2.24) is 10.3 Å². The number of pyridine rings is 1. The Labute approximate surface area is 146 Å². The largest absolute Gasteiger partial charge is 0.355 e. The molecule has 0 bridgehead atoms. The molecular formula is C21H21FN2O. The van der Waals surface area contributed by atoms with E-state index in [1.807, 2.05) is 44.2 Å². The summed E-state index contributed by atoms with van der Waals surface area (Å²) in [6.07, 6.45) is 0.913. The van der Waals surface area contributed by atoms with Crippen LogP contribution in [0, 0.1) is 19.7 Å². The molecule has 0 radical (unpaired) electrons. The lowest BCUT2D eigenvalue weighted by molar-refractivity contribution is -0.120. The minimum Gasteiger partial charge on any atom is -0.355 e. The number of amides is 1. The highest BCUT2D eigenvalue weighted by Gasteiger charge is 2.12. The molecule has 3 nitrogen and oxygen atoms in total. The fraction of sp³-hybridized carbons (Fsp3) is 0.238. The van der Waals surface area contributed by atoms with Crippen LogP contribution in [0.2, 0.25) is 0 Å². The molecule has 128 valence electrons. The predicted molar refractivity (Wildman–Crippen MR) is 98.0 cm³/mol. The lowest BCUT2D eigenvalue weighted by Gasteiger charge is -2.12. The molecule has 1 aromatic heterocycles. The van der Waals surface area contributed by atoms with Crippen molar-refractivity contribution in [3.05, 3.63) is 76.7 Å². The minimum atomic E-state index is -0.252. The summed E-state index contributed by atoms with van der Waals surface area (Å²) in [5.74, 6) is -0.294. The second-order valence-electron chi connectivity index (χ2n) is 6.22. The van der Waals surface area contributed by atoms with E-state index in [9.17, 15) is 9.18 Å². The van der Waals surface area contributed by atoms with Crippen molar-refractivity contribution >= 4 is 16.8 Å². The number of carbonyl (C=O) groups excluding carboxylic acids is 1. The highest BCUT2D eigenvalue weighted by molar-refractivity contribution is 5.86. The van der Waals surface area contributed by atoms with E-state index in [0.29, 0.717) is 19.4 Å². The number of nitrogens with zero attached hydrogens (tertiary/aromatic N) is 1. The zero-order valence-corrected chi connectivity index (χ0v) is 14.5. The molecule has 1 N–H and O–H groups in total. The molecule has 0 aliphatic carbocycles. The van der Waals surface area contributed by atoms with Crippen LogP contribution in [0.3, 0.4) is 0 Å². The molecular weight excluding hydrogens is 315 g/mol. The second kappa shape index (κ2) is 7.43. The van der Waals surface area contributed by atoms with Crippen molar-refractivity contribution in [1.29, 1.82) is 0 Å². The molecule has 25 heavy (non-hydrogen) atoms. The molecule has 0 atom stereocenters. The lowest BCUT2D eigenvalue weighted by Crippen LogP contribution is -2.28. The van der Waals surface area contributed by atoms with E-state index < -0.39 is 0 Å². The summed E-state index contributed by atoms with van der Waals surface area (Å²) < 4.78 is 13.2. The first kappa shape index (κ1) is 17.1. The summed E-state index contributed by atoms with van der Waals surface area (Å²) in [7, 11) is 0. The molecule has 0 fully saturated rings. The third kappa shape index (κ3) is 4.02. The van der Waals surface area contributed by atoms with E-state index in [0.717, 1.165) is 33.3 Å². The van der Waals surface area contributed by atoms with Gasteiger partial charge in [0, 0.05) is 17.6 Å². The van der Waals surface area contributed by atoms with Gasteiger partial charge in [-0.05, 0) is 55.2 Å². The summed E-state index contributed by atoms with van der Waals surface area (Å²) >= 11 is 0. The number of carbonyl (C=O) groups is 1. The van der Waals surface area contributed by atoms with Gasteiger partial charge >= 0.3 is 0 Å². The topological polar surface area (TPSA) is 42.0 Å². The Morgan fingerprint density at radius 1 is 1.12 bits per heavy atom. The summed E-state index contributed by atoms with van der Waals surface area (Å²) in [6, 6.07) is 14.4. The monoisotopic (exact) mass is 336 g/mol. The summed E-state index contributed by atoms with van der Waals surface area (Å²) in [4.78, 5) is 16.9. The minimum absolute atomic E-state index is 0.0420. The van der Waals surface area contributed by atoms with Crippen LogP contribution < -0.4 is 5.32 Å². The van der Waals surface area contributed by atoms with Crippen LogP contribution in [0.4, 0.5) is 4.39 Å². The number of fused-ring (bicyclic) bond motifs is 1. The van der Waals surface area contributed by atoms with Crippen LogP contribution in [0.15, 0.2) is 48.5 Å². The number of hydrogen-bond donors (Lipinski definition) is 1. The van der Waals surface area contributed by atoms with Crippen LogP contribution in [0.25, 0.3) is 10.9 Å². The molecule has 0 aliphatic rings. The Kier molecular flexibility index (Phi) is 5.08. The molecule has 1 amide bonds. The molecule has 0 unspecified atom stereocenters. The van der Waals surface area contributed by atoms with E-state index in [-0.39, 0.29) is 11.7 Å². The van der Waals surface area contributed by atoms with Crippen molar-refractivity contribution in [2.24, 2.45) is 0 Å². The van der Waals surface area contributed by atoms with E-state index in [4.69, 9.17) is 0 Å². The maximum atomic E-state index is 13.2. The van der Waals surface area contributed by atoms with Gasteiger partial charge in [-0.3, -0.25) is 9.78 Å². The fourth-order valence-electron chi connectivity index (χ4n) is 3.09. The first-order chi connectivity index (χ1) is 12.0. The second-order valence-corrected chi connectivity index (χ2v) is 6.22. The van der Waals surface area contributed by atoms with Gasteiger partial charge in [0.05, 0.1) is 11.9 Å². The normalized spacial score (nSPS) is 10.8. The Hall–Kier alpha value is -2.75. The standard InChI is InChI=1S/C21H21FN2O/c1-14-18-8-3-4-9-20(18)24-15(2)19(14)13-21(25)23-11-10-16-6-5-7-17(22)12-16/h3-9,12H,10-11,13H2,1-2H3,(H,23,25). The summed E-state index contributed by atoms with van der Waals surface area (Å²) in [6.45, 7) is 4.46. The zero-order valence-electron chi connectivity index (χ0n) is 14.5. The van der Waals surface area contributed by atoms with Crippen molar-refractivity contribution in [3.63, 3.8) is 0 Å². The van der Waals surface area contributed by atoms with Gasteiger partial charge in [-0.25, -0.2) is 4.39 Å². The first-order valence-corrected chi connectivity index (χ1v) is 8.40. The smallest absolute Gasteiger partial charge is 0.224 e. The van der Waals surface area contributed by atoms with E-state index in [2.05, 4.69) is 10.3 Å². The number of hydrogen-bond acceptors (Lipinski definition) is 2. The van der Waals surface area contributed by atoms with Crippen molar-refractivity contribution in [3.8, 4) is 0 Å². The van der Waals surface area contributed by atoms with Crippen LogP contribution in [0.5, 0.6) is 0 Å². The summed E-state index contributed by atoms with van der Waals surface area (Å²) in [5.41, 5.74) is 4.79. The average molecular weight is 336 g/mol. The number of rotatable bonds is 5. The SMILES string of the molecule is Cc1nc2ccccc2c(C)c1CC(=O)NCCc1cccc(F)c1. The molecule has 0 saturated heterocycles. The van der Waals surface area contributed by atoms with Gasteiger partial charge in [-0.15, -0.1) is 0 Å². The Morgan fingerprint density at radius 2 is 1.92 bits per heavy atom. The van der Waals surface area contributed by atoms with Crippen molar-refractivity contribution in [2.75, 3.05) is 6.54 Å². The molecule has 3 aromatic rings. The predicted octanol–water partition coefficient (Wildman–Crippen LogP) is 3.89. The van der Waals surface area contributed by atoms with Crippen molar-refractivity contribution in [2.45, 2.75) is 26.7 Å². The van der Waals surface area contributed by atoms with Crippen molar-refractivity contribution < 1.29 is 9.18 Å². The molecule has 3 rings (SSSR count). The summed E-state index contributed by atoms with van der Waals surface area (Å²) in [5, 5.41) is 3.99. The fourth-order valence-corrected chi connectivity index (χ4v) is 3.09. The van der Waals surface area contributed by atoms with Gasteiger partial charge in [-0.1, -0.05) is 30.3 Å². The number of para-hydroxylation sites is 1. The third-order valence-corrected chi connectivity index (χ3v) is 4.45. The number of nitrogens with one attached hydrogen (secondary N) is 1. The van der Waals surface area contributed by atoms with E-state index >= 15 is 0 Å². The number of aromatic nitrogens is 1. The Morgan fingerprint density at radius 3 is 2.72 bits per heavy atom. The lowest BCUT2D eigenvalue weighted by atomic mass is 9.99. The number of aryl methyl sites for hydroxylation is 2. The van der Waals surface area contributed by atoms with Crippen LogP contribution in [0.1, 0.15) is 22.4 Å². The molecule has 0 saturated carbocycles. The van der Waals surface area contributed by atoms with Crippen LogP contribution >= 0.6 is 0 Å². The highest BCUT2D eigenvalue weighted by Crippen LogP contribution is 2.22. The average Bonchev–Trinajstić information content (AvgIpc) is 2.59. The van der Waals surface area contributed by atoms with E-state index in [1.54, 1.807) is 6.07 Å². The number of halogens is 1. The van der Waals surface area contributed by atoms with Gasteiger partial charge in [0.2, 0.25) is 5.91 Å². The Balaban J connectivity index is 1.66. The van der Waals surface area contributed by atoms with Gasteiger partial charge < -0.3 is 5.32 Å². The maximum Gasteiger partial charge on any atom is 0.224 e. The molecule has 4 heteroatoms. The van der Waals surface area contributed by atoms with Gasteiger partial charge in [0.25, 0.3) is 0 Å². The van der Waals surface area contributed by atoms with E-state index in [1.165, 1.54) is 12.1 Å². The zero-order chi connectivity index (χ0) is 17.8.